The number of para-hydroxylation sites is 1. The summed E-state index contributed by atoms with van der Waals surface area (Å²) in [6.07, 6.45) is 2.43. The van der Waals surface area contributed by atoms with Gasteiger partial charge in [-0.05, 0) is 47.9 Å². The number of hydrogen-bond acceptors (Lipinski definition) is 3. The highest BCUT2D eigenvalue weighted by Crippen LogP contribution is 2.17. The number of aromatic nitrogens is 1. The molecule has 0 radical (unpaired) electrons. The third-order valence-corrected chi connectivity index (χ3v) is 4.05. The molecule has 0 spiro atoms. The highest BCUT2D eigenvalue weighted by Gasteiger charge is 2.10. The van der Waals surface area contributed by atoms with Gasteiger partial charge in [-0.3, -0.25) is 9.78 Å². The van der Waals surface area contributed by atoms with E-state index >= 15 is 0 Å². The van der Waals surface area contributed by atoms with E-state index in [0.29, 0.717) is 12.2 Å². The number of anilines is 2. The Morgan fingerprint density at radius 1 is 1.08 bits per heavy atom. The maximum absolute atomic E-state index is 13.0. The Morgan fingerprint density at radius 2 is 1.85 bits per heavy atom. The lowest BCUT2D eigenvalue weighted by atomic mass is 10.1. The first-order chi connectivity index (χ1) is 12.7. The Labute approximate surface area is 152 Å². The van der Waals surface area contributed by atoms with Gasteiger partial charge in [0.25, 0.3) is 5.91 Å². The summed E-state index contributed by atoms with van der Waals surface area (Å²) >= 11 is 0. The van der Waals surface area contributed by atoms with E-state index < -0.39 is 0 Å². The molecule has 1 amide bonds. The molecular weight excluding hydrogens is 329 g/mol. The van der Waals surface area contributed by atoms with Gasteiger partial charge in [-0.25, -0.2) is 4.39 Å². The quantitative estimate of drug-likeness (QED) is 0.681. The van der Waals surface area contributed by atoms with Crippen LogP contribution in [0.3, 0.4) is 0 Å². The Morgan fingerprint density at radius 3 is 2.62 bits per heavy atom. The molecule has 3 rings (SSSR count). The van der Waals surface area contributed by atoms with Gasteiger partial charge in [-0.1, -0.05) is 37.3 Å². The fourth-order valence-corrected chi connectivity index (χ4v) is 2.61. The number of aryl methyl sites for hydroxylation is 1. The van der Waals surface area contributed by atoms with Crippen LogP contribution in [0.4, 0.5) is 15.8 Å². The van der Waals surface area contributed by atoms with E-state index in [4.69, 9.17) is 0 Å². The minimum absolute atomic E-state index is 0.253. The summed E-state index contributed by atoms with van der Waals surface area (Å²) in [5.41, 5.74) is 3.93. The molecule has 0 unspecified atom stereocenters. The summed E-state index contributed by atoms with van der Waals surface area (Å²) in [4.78, 5) is 16.7. The normalized spacial score (nSPS) is 10.4. The van der Waals surface area contributed by atoms with Gasteiger partial charge in [0.15, 0.2) is 0 Å². The second kappa shape index (κ2) is 8.25. The molecule has 3 aromatic rings. The molecule has 2 N–H and O–H groups in total. The Balaban J connectivity index is 1.68. The topological polar surface area (TPSA) is 54.0 Å². The van der Waals surface area contributed by atoms with E-state index in [1.165, 1.54) is 12.1 Å². The van der Waals surface area contributed by atoms with Gasteiger partial charge in [-0.2, -0.15) is 0 Å². The number of nitrogens with zero attached hydrogens (tertiary/aromatic N) is 1. The number of benzene rings is 2. The molecule has 0 aliphatic carbocycles. The van der Waals surface area contributed by atoms with Crippen molar-refractivity contribution in [3.05, 3.63) is 89.5 Å². The van der Waals surface area contributed by atoms with E-state index in [0.717, 1.165) is 28.9 Å². The van der Waals surface area contributed by atoms with Crippen molar-refractivity contribution < 1.29 is 9.18 Å². The van der Waals surface area contributed by atoms with Crippen molar-refractivity contribution in [2.24, 2.45) is 0 Å². The summed E-state index contributed by atoms with van der Waals surface area (Å²) in [6, 6.07) is 17.5. The fraction of sp³-hybridized carbons (Fsp3) is 0.143. The summed E-state index contributed by atoms with van der Waals surface area (Å²) in [5, 5.41) is 6.13. The summed E-state index contributed by atoms with van der Waals surface area (Å²) in [7, 11) is 0. The highest BCUT2D eigenvalue weighted by atomic mass is 19.1. The number of hydrogen-bond donors (Lipinski definition) is 2. The summed E-state index contributed by atoms with van der Waals surface area (Å²) in [6.45, 7) is 2.58. The second-order valence-electron chi connectivity index (χ2n) is 5.87. The molecule has 0 saturated carbocycles. The zero-order valence-electron chi connectivity index (χ0n) is 14.5. The van der Waals surface area contributed by atoms with Crippen molar-refractivity contribution in [3.63, 3.8) is 0 Å². The second-order valence-corrected chi connectivity index (χ2v) is 5.87. The van der Waals surface area contributed by atoms with Crippen molar-refractivity contribution in [3.8, 4) is 0 Å². The average Bonchev–Trinajstić information content (AvgIpc) is 2.68. The maximum atomic E-state index is 13.0. The molecule has 0 saturated heterocycles. The standard InChI is InChI=1S/C21H20FN3O/c1-2-16-5-3-4-6-19(16)25-21(26)20-13-18(11-12-23-20)24-14-15-7-9-17(22)10-8-15/h3-13H,2,14H2,1H3,(H,23,24)(H,25,26). The Kier molecular flexibility index (Phi) is 5.59. The monoisotopic (exact) mass is 349 g/mol. The molecule has 4 nitrogen and oxygen atoms in total. The van der Waals surface area contributed by atoms with Gasteiger partial charge < -0.3 is 10.6 Å². The molecule has 26 heavy (non-hydrogen) atoms. The minimum atomic E-state index is -0.260. The van der Waals surface area contributed by atoms with Crippen LogP contribution in [0.1, 0.15) is 28.5 Å². The molecule has 0 aliphatic heterocycles. The first kappa shape index (κ1) is 17.6. The van der Waals surface area contributed by atoms with Crippen LogP contribution in [-0.4, -0.2) is 10.9 Å². The molecule has 0 bridgehead atoms. The lowest BCUT2D eigenvalue weighted by molar-refractivity contribution is 0.102. The molecule has 0 atom stereocenters. The van der Waals surface area contributed by atoms with Gasteiger partial charge >= 0.3 is 0 Å². The van der Waals surface area contributed by atoms with Crippen LogP contribution in [-0.2, 0) is 13.0 Å². The van der Waals surface area contributed by atoms with Gasteiger partial charge in [0.05, 0.1) is 0 Å². The number of nitrogens with one attached hydrogen (secondary N) is 2. The van der Waals surface area contributed by atoms with Crippen LogP contribution in [0.25, 0.3) is 0 Å². The molecule has 0 aliphatic rings. The molecule has 132 valence electrons. The SMILES string of the molecule is CCc1ccccc1NC(=O)c1cc(NCc2ccc(F)cc2)ccn1. The largest absolute Gasteiger partial charge is 0.381 e. The predicted molar refractivity (Wildman–Crippen MR) is 102 cm³/mol. The smallest absolute Gasteiger partial charge is 0.274 e. The fourth-order valence-electron chi connectivity index (χ4n) is 2.61. The summed E-state index contributed by atoms with van der Waals surface area (Å²) in [5.74, 6) is -0.514. The van der Waals surface area contributed by atoms with E-state index in [1.54, 1.807) is 30.5 Å². The van der Waals surface area contributed by atoms with Gasteiger partial charge in [-0.15, -0.1) is 0 Å². The van der Waals surface area contributed by atoms with Crippen molar-refractivity contribution >= 4 is 17.3 Å². The molecule has 2 aromatic carbocycles. The van der Waals surface area contributed by atoms with Crippen molar-refractivity contribution in [2.45, 2.75) is 19.9 Å². The zero-order chi connectivity index (χ0) is 18.4. The lowest BCUT2D eigenvalue weighted by Crippen LogP contribution is -2.15. The van der Waals surface area contributed by atoms with E-state index in [2.05, 4.69) is 15.6 Å². The summed E-state index contributed by atoms with van der Waals surface area (Å²) < 4.78 is 13.0. The van der Waals surface area contributed by atoms with Crippen molar-refractivity contribution in [2.75, 3.05) is 10.6 Å². The number of carbonyl (C=O) groups excluding carboxylic acids is 1. The predicted octanol–water partition coefficient (Wildman–Crippen LogP) is 4.65. The van der Waals surface area contributed by atoms with Crippen LogP contribution in [0, 0.1) is 5.82 Å². The maximum Gasteiger partial charge on any atom is 0.274 e. The molecule has 0 fully saturated rings. The number of rotatable bonds is 6. The van der Waals surface area contributed by atoms with Crippen molar-refractivity contribution in [1.29, 1.82) is 0 Å². The lowest BCUT2D eigenvalue weighted by Gasteiger charge is -2.11. The van der Waals surface area contributed by atoms with Gasteiger partial charge in [0.2, 0.25) is 0 Å². The van der Waals surface area contributed by atoms with Gasteiger partial charge in [0, 0.05) is 24.1 Å². The van der Waals surface area contributed by atoms with Gasteiger partial charge in [0.1, 0.15) is 11.5 Å². The molecule has 1 heterocycles. The molecule has 1 aromatic heterocycles. The van der Waals surface area contributed by atoms with Crippen LogP contribution in [0.5, 0.6) is 0 Å². The van der Waals surface area contributed by atoms with Crippen LogP contribution in [0.15, 0.2) is 66.9 Å². The molecular formula is C21H20FN3O. The van der Waals surface area contributed by atoms with Crippen LogP contribution < -0.4 is 10.6 Å². The van der Waals surface area contributed by atoms with Crippen LogP contribution >= 0.6 is 0 Å². The van der Waals surface area contributed by atoms with Crippen molar-refractivity contribution in [1.82, 2.24) is 4.98 Å². The van der Waals surface area contributed by atoms with E-state index in [9.17, 15) is 9.18 Å². The van der Waals surface area contributed by atoms with E-state index in [1.807, 2.05) is 31.2 Å². The Bertz CT molecular complexity index is 894. The molecule has 5 heteroatoms. The number of carbonyl (C=O) groups is 1. The highest BCUT2D eigenvalue weighted by molar-refractivity contribution is 6.03. The first-order valence-electron chi connectivity index (χ1n) is 8.49. The third-order valence-electron chi connectivity index (χ3n) is 4.05. The third kappa shape index (κ3) is 4.45. The minimum Gasteiger partial charge on any atom is -0.381 e. The Hall–Kier alpha value is -3.21. The zero-order valence-corrected chi connectivity index (χ0v) is 14.5. The van der Waals surface area contributed by atoms with E-state index in [-0.39, 0.29) is 11.7 Å². The average molecular weight is 349 g/mol. The first-order valence-corrected chi connectivity index (χ1v) is 8.49. The number of amides is 1. The number of halogens is 1. The van der Waals surface area contributed by atoms with Crippen LogP contribution in [0.2, 0.25) is 0 Å². The number of pyridine rings is 1.